The van der Waals surface area contributed by atoms with Gasteiger partial charge in [-0.25, -0.2) is 4.98 Å². The van der Waals surface area contributed by atoms with Gasteiger partial charge in [-0.05, 0) is 37.3 Å². The molecule has 10 heteroatoms. The van der Waals surface area contributed by atoms with Crippen LogP contribution in [0.25, 0.3) is 11.3 Å². The zero-order chi connectivity index (χ0) is 29.4. The molecule has 4 atom stereocenters. The molecule has 1 amide bonds. The summed E-state index contributed by atoms with van der Waals surface area (Å²) in [7, 11) is -1.08. The van der Waals surface area contributed by atoms with Gasteiger partial charge in [0.25, 0.3) is 11.9 Å². The summed E-state index contributed by atoms with van der Waals surface area (Å²) >= 11 is 0. The van der Waals surface area contributed by atoms with Gasteiger partial charge in [0.05, 0.1) is 18.2 Å². The summed E-state index contributed by atoms with van der Waals surface area (Å²) in [6.07, 6.45) is -1.66. The van der Waals surface area contributed by atoms with Crippen molar-refractivity contribution in [2.24, 2.45) is 11.8 Å². The van der Waals surface area contributed by atoms with E-state index in [-0.39, 0.29) is 42.6 Å². The van der Waals surface area contributed by atoms with Gasteiger partial charge in [-0.2, -0.15) is 0 Å². The highest BCUT2D eigenvalue weighted by Crippen LogP contribution is 2.31. The summed E-state index contributed by atoms with van der Waals surface area (Å²) in [6.45, 7) is 9.17. The van der Waals surface area contributed by atoms with E-state index in [0.29, 0.717) is 12.1 Å². The highest BCUT2D eigenvalue weighted by molar-refractivity contribution is 6.50. The molecule has 1 aromatic heterocycles. The molecule has 1 aromatic carbocycles. The SMILES string of the molecule is CC(C)CC(=O)[C@H]1CC(=O)OB([C@@H](CC(=O)[C@@H](NC(=O)c2cccc(-c3ccccc3)n2)[C@@H](C)O)CC(C)C)O1. The van der Waals surface area contributed by atoms with Crippen LogP contribution in [0.5, 0.6) is 0 Å². The Morgan fingerprint density at radius 2 is 1.70 bits per heavy atom. The average molecular weight is 550 g/mol. The molecule has 1 fully saturated rings. The average Bonchev–Trinajstić information content (AvgIpc) is 2.90. The quantitative estimate of drug-likeness (QED) is 0.357. The van der Waals surface area contributed by atoms with Crippen LogP contribution in [0.2, 0.25) is 5.82 Å². The number of pyridine rings is 1. The van der Waals surface area contributed by atoms with E-state index in [1.165, 1.54) is 13.0 Å². The molecule has 2 heterocycles. The third-order valence-electron chi connectivity index (χ3n) is 6.66. The molecule has 9 nitrogen and oxygen atoms in total. The lowest BCUT2D eigenvalue weighted by molar-refractivity contribution is -0.148. The van der Waals surface area contributed by atoms with Gasteiger partial charge >= 0.3 is 7.12 Å². The second-order valence-corrected chi connectivity index (χ2v) is 11.3. The number of Topliss-reactive ketones (excluding diaryl/α,β-unsaturated/α-hetero) is 2. The Morgan fingerprint density at radius 1 is 1.00 bits per heavy atom. The predicted molar refractivity (Wildman–Crippen MR) is 151 cm³/mol. The Hall–Kier alpha value is -3.37. The Kier molecular flexibility index (Phi) is 11.2. The topological polar surface area (TPSA) is 132 Å². The predicted octanol–water partition coefficient (Wildman–Crippen LogP) is 4.04. The number of benzene rings is 1. The van der Waals surface area contributed by atoms with E-state index >= 15 is 0 Å². The first kappa shape index (κ1) is 31.2. The zero-order valence-electron chi connectivity index (χ0n) is 23.8. The summed E-state index contributed by atoms with van der Waals surface area (Å²) in [5.74, 6) is -2.10. The van der Waals surface area contributed by atoms with E-state index in [1.54, 1.807) is 12.1 Å². The largest absolute Gasteiger partial charge is 0.531 e. The first-order valence-corrected chi connectivity index (χ1v) is 13.9. The zero-order valence-corrected chi connectivity index (χ0v) is 23.8. The molecule has 0 saturated carbocycles. The van der Waals surface area contributed by atoms with Crippen LogP contribution in [0.1, 0.15) is 70.8 Å². The molecule has 1 saturated heterocycles. The molecular formula is C30H39BN2O7. The Balaban J connectivity index is 1.75. The molecule has 0 unspecified atom stereocenters. The molecule has 214 valence electrons. The minimum absolute atomic E-state index is 0.106. The molecular weight excluding hydrogens is 511 g/mol. The van der Waals surface area contributed by atoms with Crippen molar-refractivity contribution in [2.45, 2.75) is 84.4 Å². The summed E-state index contributed by atoms with van der Waals surface area (Å²) in [4.78, 5) is 56.0. The van der Waals surface area contributed by atoms with Gasteiger partial charge in [-0.15, -0.1) is 0 Å². The minimum Gasteiger partial charge on any atom is -0.509 e. The molecule has 3 rings (SSSR count). The second kappa shape index (κ2) is 14.3. The number of hydrogen-bond acceptors (Lipinski definition) is 8. The number of rotatable bonds is 13. The van der Waals surface area contributed by atoms with E-state index in [4.69, 9.17) is 9.31 Å². The first-order valence-electron chi connectivity index (χ1n) is 13.9. The Bertz CT molecular complexity index is 1190. The van der Waals surface area contributed by atoms with Crippen molar-refractivity contribution < 1.29 is 33.6 Å². The van der Waals surface area contributed by atoms with E-state index in [1.807, 2.05) is 58.0 Å². The van der Waals surface area contributed by atoms with Gasteiger partial charge in [0, 0.05) is 24.2 Å². The number of carbonyl (C=O) groups is 4. The highest BCUT2D eigenvalue weighted by atomic mass is 16.6. The smallest absolute Gasteiger partial charge is 0.509 e. The van der Waals surface area contributed by atoms with Crippen LogP contribution >= 0.6 is 0 Å². The standard InChI is InChI=1S/C30H39BN2O7/c1-18(2)14-22(31-39-27(17-28(37)40-31)25(35)15-19(3)4)16-26(36)29(20(5)34)33-30(38)24-13-9-12-23(32-24)21-10-7-6-8-11-21/h6-13,18-20,22,27,29,34H,14-17H2,1-5H3,(H,33,38)/t20-,22-,27-,29+/m1/s1. The van der Waals surface area contributed by atoms with Crippen molar-refractivity contribution in [3.8, 4) is 11.3 Å². The number of nitrogens with zero attached hydrogens (tertiary/aromatic N) is 1. The molecule has 2 aromatic rings. The first-order chi connectivity index (χ1) is 18.9. The molecule has 1 aliphatic heterocycles. The number of amides is 1. The van der Waals surface area contributed by atoms with Crippen molar-refractivity contribution in [3.05, 3.63) is 54.2 Å². The number of aliphatic hydroxyl groups is 1. The lowest BCUT2D eigenvalue weighted by Crippen LogP contribution is -2.50. The molecule has 0 spiro atoms. The fourth-order valence-corrected chi connectivity index (χ4v) is 4.80. The molecule has 0 aliphatic carbocycles. The third-order valence-corrected chi connectivity index (χ3v) is 6.66. The number of aliphatic hydroxyl groups excluding tert-OH is 1. The molecule has 2 N–H and O–H groups in total. The van der Waals surface area contributed by atoms with Crippen LogP contribution in [-0.2, 0) is 23.7 Å². The fourth-order valence-electron chi connectivity index (χ4n) is 4.80. The number of hydrogen-bond donors (Lipinski definition) is 2. The number of carbonyl (C=O) groups excluding carboxylic acids is 4. The van der Waals surface area contributed by atoms with Crippen LogP contribution in [0.15, 0.2) is 48.5 Å². The third kappa shape index (κ3) is 8.82. The maximum absolute atomic E-state index is 13.5. The number of nitrogens with one attached hydrogen (secondary N) is 1. The molecule has 0 radical (unpaired) electrons. The van der Waals surface area contributed by atoms with Crippen LogP contribution in [0.4, 0.5) is 0 Å². The number of aromatic nitrogens is 1. The van der Waals surface area contributed by atoms with Gasteiger partial charge < -0.3 is 19.7 Å². The normalized spacial score (nSPS) is 17.8. The van der Waals surface area contributed by atoms with Crippen LogP contribution in [0, 0.1) is 11.8 Å². The molecule has 40 heavy (non-hydrogen) atoms. The lowest BCUT2D eigenvalue weighted by atomic mass is 9.64. The van der Waals surface area contributed by atoms with Gasteiger partial charge in [-0.1, -0.05) is 64.1 Å². The van der Waals surface area contributed by atoms with E-state index in [9.17, 15) is 24.3 Å². The lowest BCUT2D eigenvalue weighted by Gasteiger charge is -2.32. The highest BCUT2D eigenvalue weighted by Gasteiger charge is 2.44. The van der Waals surface area contributed by atoms with Gasteiger partial charge in [0.15, 0.2) is 11.6 Å². The van der Waals surface area contributed by atoms with Crippen molar-refractivity contribution in [2.75, 3.05) is 0 Å². The maximum Gasteiger partial charge on any atom is 0.531 e. The second-order valence-electron chi connectivity index (χ2n) is 11.3. The van der Waals surface area contributed by atoms with E-state index < -0.39 is 48.8 Å². The summed E-state index contributed by atoms with van der Waals surface area (Å²) in [6, 6.07) is 13.2. The summed E-state index contributed by atoms with van der Waals surface area (Å²) in [5.41, 5.74) is 1.54. The molecule has 0 bridgehead atoms. The van der Waals surface area contributed by atoms with E-state index in [2.05, 4.69) is 10.3 Å². The van der Waals surface area contributed by atoms with E-state index in [0.717, 1.165) is 5.56 Å². The fraction of sp³-hybridized carbons (Fsp3) is 0.500. The van der Waals surface area contributed by atoms with Crippen LogP contribution < -0.4 is 5.32 Å². The summed E-state index contributed by atoms with van der Waals surface area (Å²) < 4.78 is 11.4. The monoisotopic (exact) mass is 550 g/mol. The van der Waals surface area contributed by atoms with Crippen molar-refractivity contribution >= 4 is 30.6 Å². The minimum atomic E-state index is -1.22. The van der Waals surface area contributed by atoms with Gasteiger partial charge in [0.1, 0.15) is 17.8 Å². The Morgan fingerprint density at radius 3 is 2.33 bits per heavy atom. The van der Waals surface area contributed by atoms with Crippen LogP contribution in [0.3, 0.4) is 0 Å². The Labute approximate surface area is 236 Å². The number of ketones is 2. The van der Waals surface area contributed by atoms with Crippen LogP contribution in [-0.4, -0.2) is 58.9 Å². The van der Waals surface area contributed by atoms with Crippen molar-refractivity contribution in [1.29, 1.82) is 0 Å². The van der Waals surface area contributed by atoms with Gasteiger partial charge in [-0.3, -0.25) is 19.2 Å². The summed E-state index contributed by atoms with van der Waals surface area (Å²) in [5, 5.41) is 13.1. The molecule has 1 aliphatic rings. The van der Waals surface area contributed by atoms with Gasteiger partial charge in [0.2, 0.25) is 0 Å². The maximum atomic E-state index is 13.5. The van der Waals surface area contributed by atoms with Crippen molar-refractivity contribution in [3.63, 3.8) is 0 Å². The van der Waals surface area contributed by atoms with Crippen molar-refractivity contribution in [1.82, 2.24) is 10.3 Å².